The third-order valence-electron chi connectivity index (χ3n) is 5.12. The summed E-state index contributed by atoms with van der Waals surface area (Å²) in [4.78, 5) is 21.6. The van der Waals surface area contributed by atoms with Crippen LogP contribution in [0.4, 0.5) is 0 Å². The molecule has 2 heterocycles. The Kier molecular flexibility index (Phi) is 5.12. The number of rotatable bonds is 5. The second kappa shape index (κ2) is 7.69. The van der Waals surface area contributed by atoms with Crippen LogP contribution in [0.3, 0.4) is 0 Å². The van der Waals surface area contributed by atoms with Crippen LogP contribution in [0.15, 0.2) is 52.4 Å². The van der Waals surface area contributed by atoms with E-state index in [1.807, 2.05) is 22.8 Å². The quantitative estimate of drug-likeness (QED) is 0.496. The average Bonchev–Trinajstić information content (AvgIpc) is 3.16. The van der Waals surface area contributed by atoms with Crippen LogP contribution < -0.4 is 5.69 Å². The minimum Gasteiger partial charge on any atom is -0.290 e. The fourth-order valence-corrected chi connectivity index (χ4v) is 4.76. The van der Waals surface area contributed by atoms with Gasteiger partial charge in [0.1, 0.15) is 5.03 Å². The van der Waals surface area contributed by atoms with Crippen molar-refractivity contribution in [1.82, 2.24) is 14.5 Å². The minimum atomic E-state index is -0.162. The molecule has 27 heavy (non-hydrogen) atoms. The lowest BCUT2D eigenvalue weighted by atomic mass is 10.1. The van der Waals surface area contributed by atoms with Gasteiger partial charge in [0.05, 0.1) is 12.2 Å². The van der Waals surface area contributed by atoms with Crippen LogP contribution >= 0.6 is 11.8 Å². The minimum absolute atomic E-state index is 0.162. The SMILES string of the molecule is Cc1ccc(C)c(CSc2nc(=O)n(Cc3ccccn3)c3c2CCC3)c1. The average molecular weight is 378 g/mol. The summed E-state index contributed by atoms with van der Waals surface area (Å²) in [7, 11) is 0. The number of thioether (sulfide) groups is 1. The lowest BCUT2D eigenvalue weighted by Gasteiger charge is -2.14. The summed E-state index contributed by atoms with van der Waals surface area (Å²) in [6.07, 6.45) is 4.79. The van der Waals surface area contributed by atoms with Crippen molar-refractivity contribution in [2.24, 2.45) is 0 Å². The summed E-state index contributed by atoms with van der Waals surface area (Å²) in [5.41, 5.74) is 6.99. The van der Waals surface area contributed by atoms with Crippen LogP contribution in [0.1, 0.15) is 40.1 Å². The van der Waals surface area contributed by atoms with Gasteiger partial charge in [-0.2, -0.15) is 4.98 Å². The van der Waals surface area contributed by atoms with E-state index in [9.17, 15) is 4.79 Å². The first-order valence-electron chi connectivity index (χ1n) is 9.33. The molecule has 0 aliphatic heterocycles. The van der Waals surface area contributed by atoms with E-state index < -0.39 is 0 Å². The zero-order chi connectivity index (χ0) is 18.8. The second-order valence-electron chi connectivity index (χ2n) is 7.10. The molecule has 1 aromatic carbocycles. The maximum atomic E-state index is 12.7. The molecule has 3 aromatic rings. The summed E-state index contributed by atoms with van der Waals surface area (Å²) >= 11 is 1.69. The lowest BCUT2D eigenvalue weighted by molar-refractivity contribution is 0.656. The Morgan fingerprint density at radius 2 is 2.04 bits per heavy atom. The fraction of sp³-hybridized carbons (Fsp3) is 0.318. The van der Waals surface area contributed by atoms with Gasteiger partial charge in [0.2, 0.25) is 0 Å². The molecule has 138 valence electrons. The largest absolute Gasteiger partial charge is 0.349 e. The van der Waals surface area contributed by atoms with Gasteiger partial charge in [-0.25, -0.2) is 4.79 Å². The van der Waals surface area contributed by atoms with Gasteiger partial charge in [-0.3, -0.25) is 9.55 Å². The highest BCUT2D eigenvalue weighted by Gasteiger charge is 2.22. The molecule has 0 N–H and O–H groups in total. The first kappa shape index (κ1) is 18.0. The molecule has 0 unspecified atom stereocenters. The van der Waals surface area contributed by atoms with E-state index in [-0.39, 0.29) is 5.69 Å². The van der Waals surface area contributed by atoms with Gasteiger partial charge in [-0.1, -0.05) is 29.8 Å². The van der Waals surface area contributed by atoms with Gasteiger partial charge < -0.3 is 0 Å². The Balaban J connectivity index is 1.63. The Morgan fingerprint density at radius 3 is 2.85 bits per heavy atom. The summed E-state index contributed by atoms with van der Waals surface area (Å²) < 4.78 is 1.81. The van der Waals surface area contributed by atoms with Crippen molar-refractivity contribution in [2.45, 2.75) is 50.4 Å². The van der Waals surface area contributed by atoms with Crippen molar-refractivity contribution >= 4 is 11.8 Å². The Labute approximate surface area is 163 Å². The highest BCUT2D eigenvalue weighted by Crippen LogP contribution is 2.31. The lowest BCUT2D eigenvalue weighted by Crippen LogP contribution is -2.28. The molecule has 0 saturated carbocycles. The highest BCUT2D eigenvalue weighted by molar-refractivity contribution is 7.98. The molecule has 0 bridgehead atoms. The van der Waals surface area contributed by atoms with Crippen molar-refractivity contribution in [3.63, 3.8) is 0 Å². The summed E-state index contributed by atoms with van der Waals surface area (Å²) in [5, 5.41) is 0.908. The van der Waals surface area contributed by atoms with Crippen LogP contribution in [-0.4, -0.2) is 14.5 Å². The smallest absolute Gasteiger partial charge is 0.290 e. The van der Waals surface area contributed by atoms with Crippen LogP contribution in [0, 0.1) is 13.8 Å². The molecule has 0 saturated heterocycles. The normalized spacial score (nSPS) is 13.0. The summed E-state index contributed by atoms with van der Waals surface area (Å²) in [5.74, 6) is 0.844. The Bertz CT molecular complexity index is 1030. The number of benzene rings is 1. The standard InChI is InChI=1S/C22H23N3OS/c1-15-9-10-16(2)17(12-15)14-27-21-19-7-5-8-20(19)25(22(26)24-21)13-18-6-3-4-11-23-18/h3-4,6,9-12H,5,7-8,13-14H2,1-2H3. The molecular formula is C22H23N3OS. The number of hydrogen-bond donors (Lipinski definition) is 0. The predicted octanol–water partition coefficient (Wildman–Crippen LogP) is 4.08. The van der Waals surface area contributed by atoms with E-state index in [4.69, 9.17) is 0 Å². The molecular weight excluding hydrogens is 354 g/mol. The molecule has 1 aliphatic carbocycles. The van der Waals surface area contributed by atoms with Crippen LogP contribution in [-0.2, 0) is 25.1 Å². The highest BCUT2D eigenvalue weighted by atomic mass is 32.2. The van der Waals surface area contributed by atoms with Crippen molar-refractivity contribution in [2.75, 3.05) is 0 Å². The summed E-state index contributed by atoms with van der Waals surface area (Å²) in [6, 6.07) is 12.3. The molecule has 1 aliphatic rings. The van der Waals surface area contributed by atoms with Gasteiger partial charge in [-0.15, -0.1) is 11.8 Å². The Hall–Kier alpha value is -2.40. The first-order chi connectivity index (χ1) is 13.1. The van der Waals surface area contributed by atoms with Gasteiger partial charge in [0.15, 0.2) is 0 Å². The number of aromatic nitrogens is 3. The number of aryl methyl sites for hydroxylation is 2. The van der Waals surface area contributed by atoms with E-state index in [2.05, 4.69) is 42.0 Å². The van der Waals surface area contributed by atoms with Crippen LogP contribution in [0.5, 0.6) is 0 Å². The van der Waals surface area contributed by atoms with E-state index in [1.54, 1.807) is 18.0 Å². The van der Waals surface area contributed by atoms with E-state index >= 15 is 0 Å². The molecule has 4 nitrogen and oxygen atoms in total. The van der Waals surface area contributed by atoms with Gasteiger partial charge in [0.25, 0.3) is 0 Å². The molecule has 4 rings (SSSR count). The van der Waals surface area contributed by atoms with Crippen LogP contribution in [0.25, 0.3) is 0 Å². The van der Waals surface area contributed by atoms with Crippen molar-refractivity contribution in [3.05, 3.63) is 86.7 Å². The zero-order valence-electron chi connectivity index (χ0n) is 15.7. The molecule has 2 aromatic heterocycles. The zero-order valence-corrected chi connectivity index (χ0v) is 16.6. The van der Waals surface area contributed by atoms with Crippen molar-refractivity contribution < 1.29 is 0 Å². The third-order valence-corrected chi connectivity index (χ3v) is 6.18. The third kappa shape index (κ3) is 3.83. The molecule has 0 amide bonds. The molecule has 5 heteroatoms. The van der Waals surface area contributed by atoms with E-state index in [0.29, 0.717) is 6.54 Å². The van der Waals surface area contributed by atoms with Crippen molar-refractivity contribution in [3.8, 4) is 0 Å². The van der Waals surface area contributed by atoms with Crippen LogP contribution in [0.2, 0.25) is 0 Å². The fourth-order valence-electron chi connectivity index (χ4n) is 3.62. The predicted molar refractivity (Wildman–Crippen MR) is 109 cm³/mol. The monoisotopic (exact) mass is 377 g/mol. The van der Waals surface area contributed by atoms with E-state index in [0.717, 1.165) is 41.4 Å². The molecule has 0 atom stereocenters. The number of pyridine rings is 1. The Morgan fingerprint density at radius 1 is 1.15 bits per heavy atom. The first-order valence-corrected chi connectivity index (χ1v) is 10.3. The van der Waals surface area contributed by atoms with Gasteiger partial charge >= 0.3 is 5.69 Å². The molecule has 0 radical (unpaired) electrons. The summed E-state index contributed by atoms with van der Waals surface area (Å²) in [6.45, 7) is 4.75. The number of nitrogens with zero attached hydrogens (tertiary/aromatic N) is 3. The van der Waals surface area contributed by atoms with E-state index in [1.165, 1.54) is 22.3 Å². The van der Waals surface area contributed by atoms with Gasteiger partial charge in [0, 0.05) is 23.2 Å². The number of hydrogen-bond acceptors (Lipinski definition) is 4. The van der Waals surface area contributed by atoms with Gasteiger partial charge in [-0.05, 0) is 56.4 Å². The van der Waals surface area contributed by atoms with Crippen molar-refractivity contribution in [1.29, 1.82) is 0 Å². The molecule has 0 fully saturated rings. The maximum absolute atomic E-state index is 12.7. The number of fused-ring (bicyclic) bond motifs is 1. The maximum Gasteiger partial charge on any atom is 0.349 e. The second-order valence-corrected chi connectivity index (χ2v) is 8.07. The topological polar surface area (TPSA) is 47.8 Å². The molecule has 0 spiro atoms.